The molecule has 26 heavy (non-hydrogen) atoms. The van der Waals surface area contributed by atoms with Crippen LogP contribution in [-0.4, -0.2) is 9.97 Å². The van der Waals surface area contributed by atoms with E-state index in [1.165, 1.54) is 16.5 Å². The predicted octanol–water partition coefficient (Wildman–Crippen LogP) is 5.50. The highest BCUT2D eigenvalue weighted by Gasteiger charge is 2.11. The van der Waals surface area contributed by atoms with Crippen LogP contribution in [0, 0.1) is 5.92 Å². The zero-order chi connectivity index (χ0) is 18.1. The molecule has 4 aromatic rings. The standard InChI is InChI=1S/C23H23N3/c1-15(2)11-21(24)23-8-6-19-13-17(5-7-22(19)26-23)16-3-4-20-14-25-10-9-18(20)12-16/h3-10,12-15,21H,11,24H2,1-2H3. The molecule has 2 aromatic carbocycles. The van der Waals surface area contributed by atoms with Crippen molar-refractivity contribution in [3.63, 3.8) is 0 Å². The van der Waals surface area contributed by atoms with Crippen molar-refractivity contribution < 1.29 is 0 Å². The number of hydrogen-bond donors (Lipinski definition) is 1. The summed E-state index contributed by atoms with van der Waals surface area (Å²) in [5.74, 6) is 0.563. The van der Waals surface area contributed by atoms with E-state index in [2.05, 4.69) is 67.4 Å². The molecule has 0 aliphatic rings. The van der Waals surface area contributed by atoms with Crippen LogP contribution in [0.25, 0.3) is 32.8 Å². The number of hydrogen-bond acceptors (Lipinski definition) is 3. The van der Waals surface area contributed by atoms with Crippen LogP contribution in [-0.2, 0) is 0 Å². The molecule has 0 spiro atoms. The Morgan fingerprint density at radius 1 is 0.846 bits per heavy atom. The number of pyridine rings is 2. The van der Waals surface area contributed by atoms with Crippen LogP contribution in [0.2, 0.25) is 0 Å². The van der Waals surface area contributed by atoms with E-state index in [9.17, 15) is 0 Å². The van der Waals surface area contributed by atoms with E-state index in [1.54, 1.807) is 0 Å². The summed E-state index contributed by atoms with van der Waals surface area (Å²) in [4.78, 5) is 8.96. The number of nitrogens with zero attached hydrogens (tertiary/aromatic N) is 2. The van der Waals surface area contributed by atoms with E-state index < -0.39 is 0 Å². The van der Waals surface area contributed by atoms with Crippen molar-refractivity contribution in [2.75, 3.05) is 0 Å². The first-order valence-electron chi connectivity index (χ1n) is 9.10. The van der Waals surface area contributed by atoms with Gasteiger partial charge < -0.3 is 5.73 Å². The summed E-state index contributed by atoms with van der Waals surface area (Å²) in [6, 6.07) is 19.1. The minimum Gasteiger partial charge on any atom is -0.323 e. The van der Waals surface area contributed by atoms with E-state index in [-0.39, 0.29) is 6.04 Å². The molecule has 0 bridgehead atoms. The van der Waals surface area contributed by atoms with E-state index in [1.807, 2.05) is 18.5 Å². The molecule has 2 aromatic heterocycles. The minimum absolute atomic E-state index is 0.00632. The zero-order valence-electron chi connectivity index (χ0n) is 15.2. The van der Waals surface area contributed by atoms with Gasteiger partial charge in [0.05, 0.1) is 11.2 Å². The topological polar surface area (TPSA) is 51.8 Å². The summed E-state index contributed by atoms with van der Waals surface area (Å²) in [6.45, 7) is 4.37. The number of fused-ring (bicyclic) bond motifs is 2. The lowest BCUT2D eigenvalue weighted by atomic mass is 9.99. The summed E-state index contributed by atoms with van der Waals surface area (Å²) >= 11 is 0. The smallest absolute Gasteiger partial charge is 0.0706 e. The molecule has 0 aliphatic carbocycles. The molecule has 4 rings (SSSR count). The van der Waals surface area contributed by atoms with Crippen molar-refractivity contribution in [1.82, 2.24) is 9.97 Å². The van der Waals surface area contributed by atoms with Gasteiger partial charge in [0.2, 0.25) is 0 Å². The Balaban J connectivity index is 1.70. The molecule has 1 atom stereocenters. The average molecular weight is 341 g/mol. The molecule has 0 radical (unpaired) electrons. The Labute approximate surface area is 153 Å². The fourth-order valence-electron chi connectivity index (χ4n) is 3.42. The van der Waals surface area contributed by atoms with Crippen LogP contribution in [0.3, 0.4) is 0 Å². The Morgan fingerprint density at radius 2 is 1.58 bits per heavy atom. The van der Waals surface area contributed by atoms with Gasteiger partial charge in [0.1, 0.15) is 0 Å². The van der Waals surface area contributed by atoms with Crippen LogP contribution in [0.1, 0.15) is 32.0 Å². The molecular weight excluding hydrogens is 318 g/mol. The quantitative estimate of drug-likeness (QED) is 0.533. The second kappa shape index (κ2) is 6.85. The second-order valence-corrected chi connectivity index (χ2v) is 7.32. The number of rotatable bonds is 4. The zero-order valence-corrected chi connectivity index (χ0v) is 15.2. The first-order chi connectivity index (χ1) is 12.6. The minimum atomic E-state index is -0.00632. The lowest BCUT2D eigenvalue weighted by Gasteiger charge is -2.14. The fourth-order valence-corrected chi connectivity index (χ4v) is 3.42. The lowest BCUT2D eigenvalue weighted by molar-refractivity contribution is 0.503. The summed E-state index contributed by atoms with van der Waals surface area (Å²) in [5.41, 5.74) is 10.7. The lowest BCUT2D eigenvalue weighted by Crippen LogP contribution is -2.14. The number of benzene rings is 2. The van der Waals surface area contributed by atoms with Gasteiger partial charge in [-0.15, -0.1) is 0 Å². The van der Waals surface area contributed by atoms with Gasteiger partial charge in [-0.3, -0.25) is 9.97 Å². The summed E-state index contributed by atoms with van der Waals surface area (Å²) in [5, 5.41) is 3.49. The summed E-state index contributed by atoms with van der Waals surface area (Å²) < 4.78 is 0. The highest BCUT2D eigenvalue weighted by Crippen LogP contribution is 2.28. The van der Waals surface area contributed by atoms with Gasteiger partial charge in [0.25, 0.3) is 0 Å². The molecule has 0 saturated heterocycles. The third kappa shape index (κ3) is 3.31. The van der Waals surface area contributed by atoms with Crippen LogP contribution in [0.5, 0.6) is 0 Å². The maximum atomic E-state index is 6.29. The summed E-state index contributed by atoms with van der Waals surface area (Å²) in [6.07, 6.45) is 4.67. The maximum Gasteiger partial charge on any atom is 0.0706 e. The third-order valence-corrected chi connectivity index (χ3v) is 4.79. The van der Waals surface area contributed by atoms with Crippen LogP contribution >= 0.6 is 0 Å². The van der Waals surface area contributed by atoms with Gasteiger partial charge in [-0.1, -0.05) is 38.1 Å². The monoisotopic (exact) mass is 341 g/mol. The van der Waals surface area contributed by atoms with Crippen molar-refractivity contribution in [2.24, 2.45) is 11.7 Å². The van der Waals surface area contributed by atoms with E-state index >= 15 is 0 Å². The van der Waals surface area contributed by atoms with Crippen molar-refractivity contribution in [3.05, 3.63) is 72.7 Å². The van der Waals surface area contributed by atoms with Crippen molar-refractivity contribution >= 4 is 21.7 Å². The average Bonchev–Trinajstić information content (AvgIpc) is 2.66. The SMILES string of the molecule is CC(C)CC(N)c1ccc2cc(-c3ccc4cnccc4c3)ccc2n1. The summed E-state index contributed by atoms with van der Waals surface area (Å²) in [7, 11) is 0. The van der Waals surface area contributed by atoms with Crippen molar-refractivity contribution in [2.45, 2.75) is 26.3 Å². The Kier molecular flexibility index (Phi) is 4.39. The highest BCUT2D eigenvalue weighted by molar-refractivity contribution is 5.89. The van der Waals surface area contributed by atoms with Crippen LogP contribution < -0.4 is 5.73 Å². The van der Waals surface area contributed by atoms with Gasteiger partial charge in [0.15, 0.2) is 0 Å². The molecular formula is C23H23N3. The molecule has 2 N–H and O–H groups in total. The van der Waals surface area contributed by atoms with Gasteiger partial charge in [0, 0.05) is 29.2 Å². The highest BCUT2D eigenvalue weighted by atomic mass is 14.8. The second-order valence-electron chi connectivity index (χ2n) is 7.32. The molecule has 0 fully saturated rings. The van der Waals surface area contributed by atoms with Crippen LogP contribution in [0.4, 0.5) is 0 Å². The van der Waals surface area contributed by atoms with Gasteiger partial charge in [-0.2, -0.15) is 0 Å². The number of aromatic nitrogens is 2. The molecule has 130 valence electrons. The Hall–Kier alpha value is -2.78. The molecule has 3 heteroatoms. The van der Waals surface area contributed by atoms with Gasteiger partial charge in [-0.05, 0) is 59.2 Å². The molecule has 3 nitrogen and oxygen atoms in total. The largest absolute Gasteiger partial charge is 0.323 e. The number of nitrogens with two attached hydrogens (primary N) is 1. The Bertz CT molecular complexity index is 1070. The molecule has 0 amide bonds. The van der Waals surface area contributed by atoms with Gasteiger partial charge in [-0.25, -0.2) is 0 Å². The first-order valence-corrected chi connectivity index (χ1v) is 9.10. The van der Waals surface area contributed by atoms with E-state index in [0.717, 1.165) is 28.4 Å². The fraction of sp³-hybridized carbons (Fsp3) is 0.217. The molecule has 2 heterocycles. The van der Waals surface area contributed by atoms with Crippen molar-refractivity contribution in [3.8, 4) is 11.1 Å². The molecule has 1 unspecified atom stereocenters. The third-order valence-electron chi connectivity index (χ3n) is 4.79. The first kappa shape index (κ1) is 16.7. The predicted molar refractivity (Wildman–Crippen MR) is 109 cm³/mol. The molecule has 0 saturated carbocycles. The molecule has 0 aliphatic heterocycles. The van der Waals surface area contributed by atoms with Gasteiger partial charge >= 0.3 is 0 Å². The van der Waals surface area contributed by atoms with E-state index in [4.69, 9.17) is 10.7 Å². The van der Waals surface area contributed by atoms with Crippen LogP contribution in [0.15, 0.2) is 67.0 Å². The maximum absolute atomic E-state index is 6.29. The van der Waals surface area contributed by atoms with Crippen molar-refractivity contribution in [1.29, 1.82) is 0 Å². The van der Waals surface area contributed by atoms with E-state index in [0.29, 0.717) is 5.92 Å². The Morgan fingerprint density at radius 3 is 2.38 bits per heavy atom. The normalized spacial score (nSPS) is 12.8.